The molecule has 1 aromatic heterocycles. The third-order valence-corrected chi connectivity index (χ3v) is 4.85. The molecule has 2 saturated heterocycles. The molecule has 1 aromatic carbocycles. The molecule has 1 amide bonds. The topological polar surface area (TPSA) is 99.4 Å². The molecule has 6 atom stereocenters. The molecule has 3 heterocycles. The molecule has 150 valence electrons. The zero-order chi connectivity index (χ0) is 19.7. The number of carbonyl (C=O) groups excluding carboxylic acids is 1. The lowest BCUT2D eigenvalue weighted by atomic mass is 9.96. The summed E-state index contributed by atoms with van der Waals surface area (Å²) in [6, 6.07) is 10.1. The zero-order valence-electron chi connectivity index (χ0n) is 15.6. The van der Waals surface area contributed by atoms with E-state index >= 15 is 0 Å². The van der Waals surface area contributed by atoms with E-state index in [9.17, 15) is 9.90 Å². The van der Waals surface area contributed by atoms with E-state index < -0.39 is 36.9 Å². The number of hydrogen-bond donors (Lipinski definition) is 2. The van der Waals surface area contributed by atoms with E-state index in [1.54, 1.807) is 12.1 Å². The van der Waals surface area contributed by atoms with Gasteiger partial charge in [0.05, 0.1) is 12.9 Å². The molecule has 0 spiro atoms. The first-order valence-corrected chi connectivity index (χ1v) is 9.16. The van der Waals surface area contributed by atoms with E-state index in [0.29, 0.717) is 11.5 Å². The largest absolute Gasteiger partial charge is 0.464 e. The van der Waals surface area contributed by atoms with Gasteiger partial charge in [-0.25, -0.2) is 0 Å². The normalized spacial score (nSPS) is 32.4. The van der Waals surface area contributed by atoms with E-state index in [0.717, 1.165) is 5.56 Å². The van der Waals surface area contributed by atoms with Gasteiger partial charge in [-0.15, -0.1) is 0 Å². The van der Waals surface area contributed by atoms with Gasteiger partial charge in [-0.05, 0) is 30.7 Å². The first-order chi connectivity index (χ1) is 13.5. The van der Waals surface area contributed by atoms with Crippen molar-refractivity contribution in [1.82, 2.24) is 5.32 Å². The summed E-state index contributed by atoms with van der Waals surface area (Å²) >= 11 is 0. The average molecular weight is 389 g/mol. The van der Waals surface area contributed by atoms with Crippen molar-refractivity contribution in [2.45, 2.75) is 50.8 Å². The Morgan fingerprint density at radius 1 is 1.21 bits per heavy atom. The van der Waals surface area contributed by atoms with Crippen LogP contribution in [-0.2, 0) is 19.0 Å². The highest BCUT2D eigenvalue weighted by Crippen LogP contribution is 2.35. The summed E-state index contributed by atoms with van der Waals surface area (Å²) < 4.78 is 28.9. The lowest BCUT2D eigenvalue weighted by Gasteiger charge is -2.47. The maximum absolute atomic E-state index is 11.7. The minimum atomic E-state index is -1.06. The Hall–Kier alpha value is -2.39. The van der Waals surface area contributed by atoms with Crippen molar-refractivity contribution in [2.75, 3.05) is 6.61 Å². The van der Waals surface area contributed by atoms with Crippen LogP contribution in [0.15, 0.2) is 47.1 Å². The van der Waals surface area contributed by atoms with Gasteiger partial charge in [0.15, 0.2) is 5.76 Å². The molecule has 0 radical (unpaired) electrons. The van der Waals surface area contributed by atoms with E-state index in [4.69, 9.17) is 23.4 Å². The van der Waals surface area contributed by atoms with Crippen molar-refractivity contribution in [3.63, 3.8) is 0 Å². The molecule has 2 aliphatic heterocycles. The van der Waals surface area contributed by atoms with E-state index in [1.165, 1.54) is 13.2 Å². The van der Waals surface area contributed by atoms with Crippen LogP contribution in [0.2, 0.25) is 0 Å². The molecule has 8 nitrogen and oxygen atoms in total. The number of benzene rings is 1. The number of fused-ring (bicyclic) bond motifs is 1. The highest BCUT2D eigenvalue weighted by molar-refractivity contribution is 5.73. The van der Waals surface area contributed by atoms with Crippen molar-refractivity contribution in [2.24, 2.45) is 0 Å². The number of nitrogens with one attached hydrogen (secondary N) is 1. The number of amides is 1. The summed E-state index contributed by atoms with van der Waals surface area (Å²) in [7, 11) is 0. The van der Waals surface area contributed by atoms with Crippen LogP contribution in [0.4, 0.5) is 0 Å². The van der Waals surface area contributed by atoms with Gasteiger partial charge in [0.25, 0.3) is 0 Å². The highest BCUT2D eigenvalue weighted by atomic mass is 16.8. The van der Waals surface area contributed by atoms with Crippen molar-refractivity contribution in [1.29, 1.82) is 0 Å². The van der Waals surface area contributed by atoms with Crippen LogP contribution in [0.3, 0.4) is 0 Å². The molecule has 2 N–H and O–H groups in total. The molecular weight excluding hydrogens is 366 g/mol. The summed E-state index contributed by atoms with van der Waals surface area (Å²) in [4.78, 5) is 11.7. The van der Waals surface area contributed by atoms with Gasteiger partial charge in [0, 0.05) is 6.92 Å². The zero-order valence-corrected chi connectivity index (χ0v) is 15.6. The summed E-state index contributed by atoms with van der Waals surface area (Å²) in [5.41, 5.74) is 0.915. The van der Waals surface area contributed by atoms with Crippen LogP contribution in [-0.4, -0.2) is 48.3 Å². The number of aryl methyl sites for hydroxylation is 1. The number of aliphatic hydroxyl groups excluding tert-OH is 1. The fourth-order valence-electron chi connectivity index (χ4n) is 3.46. The number of aliphatic hydroxyl groups is 1. The van der Waals surface area contributed by atoms with Gasteiger partial charge in [0.1, 0.15) is 30.1 Å². The van der Waals surface area contributed by atoms with E-state index in [-0.39, 0.29) is 12.5 Å². The van der Waals surface area contributed by atoms with E-state index in [1.807, 2.05) is 31.2 Å². The smallest absolute Gasteiger partial charge is 0.223 e. The molecular formula is C20H23NO7. The van der Waals surface area contributed by atoms with Crippen molar-refractivity contribution >= 4 is 5.91 Å². The fraction of sp³-hybridized carbons (Fsp3) is 0.450. The first-order valence-electron chi connectivity index (χ1n) is 9.16. The number of para-hydroxylation sites is 1. The lowest BCUT2D eigenvalue weighted by Crippen LogP contribution is -2.67. The predicted octanol–water partition coefficient (Wildman–Crippen LogP) is 1.67. The first kappa shape index (κ1) is 18.9. The SMILES string of the molecule is CC(=O)N[C@@H]1[C@H](Oc2ccccc2C)O[C@H]2CO[C@H](c3ccco3)O[C@@H]2[C@H]1O. The number of hydrogen-bond acceptors (Lipinski definition) is 7. The Bertz CT molecular complexity index is 809. The second kappa shape index (κ2) is 7.92. The molecule has 8 heteroatoms. The Labute approximate surface area is 162 Å². The van der Waals surface area contributed by atoms with Crippen LogP contribution in [0.1, 0.15) is 24.5 Å². The minimum Gasteiger partial charge on any atom is -0.464 e. The van der Waals surface area contributed by atoms with Gasteiger partial charge in [0.2, 0.25) is 18.5 Å². The molecule has 4 rings (SSSR count). The fourth-order valence-corrected chi connectivity index (χ4v) is 3.46. The van der Waals surface area contributed by atoms with Gasteiger partial charge in [-0.1, -0.05) is 18.2 Å². The molecule has 28 heavy (non-hydrogen) atoms. The van der Waals surface area contributed by atoms with Crippen LogP contribution in [0.25, 0.3) is 0 Å². The second-order valence-electron chi connectivity index (χ2n) is 6.92. The average Bonchev–Trinajstić information content (AvgIpc) is 3.21. The highest BCUT2D eigenvalue weighted by Gasteiger charge is 2.51. The molecule has 0 saturated carbocycles. The van der Waals surface area contributed by atoms with Crippen LogP contribution < -0.4 is 10.1 Å². The van der Waals surface area contributed by atoms with Gasteiger partial charge < -0.3 is 33.8 Å². The maximum atomic E-state index is 11.7. The predicted molar refractivity (Wildman–Crippen MR) is 96.4 cm³/mol. The number of carbonyl (C=O) groups is 1. The third kappa shape index (κ3) is 3.77. The van der Waals surface area contributed by atoms with Gasteiger partial charge in [-0.2, -0.15) is 0 Å². The van der Waals surface area contributed by atoms with Gasteiger partial charge >= 0.3 is 0 Å². The molecule has 2 aromatic rings. The van der Waals surface area contributed by atoms with Crippen molar-refractivity contribution in [3.8, 4) is 5.75 Å². The van der Waals surface area contributed by atoms with Crippen molar-refractivity contribution < 1.29 is 33.3 Å². The summed E-state index contributed by atoms with van der Waals surface area (Å²) in [6.45, 7) is 3.47. The summed E-state index contributed by atoms with van der Waals surface area (Å²) in [6.07, 6.45) is -2.45. The number of rotatable bonds is 4. The summed E-state index contributed by atoms with van der Waals surface area (Å²) in [5, 5.41) is 13.7. The Kier molecular flexibility index (Phi) is 5.36. The standard InChI is InChI=1S/C20H23NO7/c1-11-6-3-4-7-13(11)26-20-16(21-12(2)22)17(23)18-15(27-20)10-25-19(28-18)14-8-5-9-24-14/h3-9,15-20,23H,10H2,1-2H3,(H,21,22)/t15-,16-,17-,18-,19-,20+/m0/s1. The molecule has 0 aliphatic carbocycles. The van der Waals surface area contributed by atoms with Crippen LogP contribution >= 0.6 is 0 Å². The molecule has 2 fully saturated rings. The van der Waals surface area contributed by atoms with Crippen molar-refractivity contribution in [3.05, 3.63) is 54.0 Å². The molecule has 0 bridgehead atoms. The number of ether oxygens (including phenoxy) is 4. The Morgan fingerprint density at radius 3 is 2.75 bits per heavy atom. The van der Waals surface area contributed by atoms with Crippen LogP contribution in [0, 0.1) is 6.92 Å². The Morgan fingerprint density at radius 2 is 2.04 bits per heavy atom. The quantitative estimate of drug-likeness (QED) is 0.821. The minimum absolute atomic E-state index is 0.188. The van der Waals surface area contributed by atoms with Gasteiger partial charge in [-0.3, -0.25) is 4.79 Å². The van der Waals surface area contributed by atoms with Crippen LogP contribution in [0.5, 0.6) is 5.75 Å². The third-order valence-electron chi connectivity index (χ3n) is 4.85. The Balaban J connectivity index is 1.55. The molecule has 0 unspecified atom stereocenters. The lowest BCUT2D eigenvalue weighted by molar-refractivity contribution is -0.336. The monoisotopic (exact) mass is 389 g/mol. The molecule has 2 aliphatic rings. The summed E-state index contributed by atoms with van der Waals surface area (Å²) in [5.74, 6) is 0.804. The maximum Gasteiger partial charge on any atom is 0.223 e. The second-order valence-corrected chi connectivity index (χ2v) is 6.92. The van der Waals surface area contributed by atoms with E-state index in [2.05, 4.69) is 5.32 Å². The number of furan rings is 1.